The van der Waals surface area contributed by atoms with Gasteiger partial charge in [0, 0.05) is 17.4 Å². The highest BCUT2D eigenvalue weighted by atomic mass is 35.5. The molecule has 18 heavy (non-hydrogen) atoms. The number of ether oxygens (including phenoxy) is 1. The average molecular weight is 281 g/mol. The zero-order valence-electron chi connectivity index (χ0n) is 10.4. The van der Waals surface area contributed by atoms with Crippen molar-refractivity contribution in [2.24, 2.45) is 5.92 Å². The van der Waals surface area contributed by atoms with Crippen LogP contribution in [0, 0.1) is 5.92 Å². The molecule has 0 heterocycles. The fourth-order valence-corrected chi connectivity index (χ4v) is 2.26. The molecule has 0 saturated heterocycles. The molecule has 0 fully saturated rings. The minimum absolute atomic E-state index is 0.0168. The molecular weight excluding hydrogens is 265 g/mol. The minimum atomic E-state index is -4.65. The third-order valence-electron chi connectivity index (χ3n) is 2.79. The Labute approximate surface area is 110 Å². The van der Waals surface area contributed by atoms with Crippen molar-refractivity contribution in [1.29, 1.82) is 0 Å². The van der Waals surface area contributed by atoms with Crippen LogP contribution in [0.2, 0.25) is 0 Å². The first kappa shape index (κ1) is 15.2. The SMILES string of the molecule is C/C=C(/Cl)C(CC)C1=C(OC(F)(F)F)CCC=C1. The lowest BCUT2D eigenvalue weighted by atomic mass is 9.90. The number of alkyl halides is 3. The molecule has 0 aromatic heterocycles. The Morgan fingerprint density at radius 1 is 1.56 bits per heavy atom. The van der Waals surface area contributed by atoms with Gasteiger partial charge in [0.05, 0.1) is 0 Å². The first-order chi connectivity index (χ1) is 8.39. The number of halogens is 4. The standard InChI is InChI=1S/C13H16ClF3O/c1-3-9(11(14)4-2)10-7-5-6-8-12(10)18-13(15,16)17/h4-5,7,9H,3,6,8H2,1-2H3/b11-4+. The van der Waals surface area contributed by atoms with Crippen molar-refractivity contribution in [3.63, 3.8) is 0 Å². The Bertz CT molecular complexity index is 380. The Morgan fingerprint density at radius 3 is 2.72 bits per heavy atom. The van der Waals surface area contributed by atoms with E-state index in [1.807, 2.05) is 13.0 Å². The largest absolute Gasteiger partial charge is 0.572 e. The molecule has 1 unspecified atom stereocenters. The summed E-state index contributed by atoms with van der Waals surface area (Å²) in [5, 5.41) is 0.544. The molecule has 0 bridgehead atoms. The zero-order chi connectivity index (χ0) is 13.8. The minimum Gasteiger partial charge on any atom is -0.410 e. The summed E-state index contributed by atoms with van der Waals surface area (Å²) in [5.74, 6) is -0.248. The second kappa shape index (κ2) is 6.32. The maximum absolute atomic E-state index is 12.3. The summed E-state index contributed by atoms with van der Waals surface area (Å²) in [4.78, 5) is 0. The van der Waals surface area contributed by atoms with Crippen LogP contribution in [0.15, 0.2) is 34.6 Å². The first-order valence-electron chi connectivity index (χ1n) is 5.86. The molecule has 0 aliphatic heterocycles. The quantitative estimate of drug-likeness (QED) is 0.679. The Kier molecular flexibility index (Phi) is 5.32. The molecule has 0 amide bonds. The summed E-state index contributed by atoms with van der Waals surface area (Å²) in [6.45, 7) is 3.65. The van der Waals surface area contributed by atoms with Gasteiger partial charge in [-0.1, -0.05) is 36.8 Å². The van der Waals surface area contributed by atoms with Gasteiger partial charge in [-0.05, 0) is 25.3 Å². The third-order valence-corrected chi connectivity index (χ3v) is 3.27. The van der Waals surface area contributed by atoms with Crippen LogP contribution in [0.1, 0.15) is 33.1 Å². The van der Waals surface area contributed by atoms with Gasteiger partial charge in [-0.25, -0.2) is 0 Å². The number of allylic oxidation sites excluding steroid dienone is 6. The van der Waals surface area contributed by atoms with Gasteiger partial charge in [-0.15, -0.1) is 13.2 Å². The van der Waals surface area contributed by atoms with Crippen LogP contribution in [0.25, 0.3) is 0 Å². The highest BCUT2D eigenvalue weighted by molar-refractivity contribution is 6.30. The summed E-state index contributed by atoms with van der Waals surface area (Å²) in [7, 11) is 0. The molecule has 1 nitrogen and oxygen atoms in total. The van der Waals surface area contributed by atoms with E-state index in [1.165, 1.54) is 0 Å². The maximum atomic E-state index is 12.3. The molecule has 1 aliphatic carbocycles. The molecule has 1 atom stereocenters. The summed E-state index contributed by atoms with van der Waals surface area (Å²) in [5.41, 5.74) is 0.532. The Hall–Kier alpha value is -0.900. The number of hydrogen-bond acceptors (Lipinski definition) is 1. The Morgan fingerprint density at radius 2 is 2.22 bits per heavy atom. The first-order valence-corrected chi connectivity index (χ1v) is 6.23. The topological polar surface area (TPSA) is 9.23 Å². The van der Waals surface area contributed by atoms with Gasteiger partial charge >= 0.3 is 6.36 Å². The predicted octanol–water partition coefficient (Wildman–Crippen LogP) is 5.30. The van der Waals surface area contributed by atoms with Crippen LogP contribution < -0.4 is 0 Å². The predicted molar refractivity (Wildman–Crippen MR) is 65.9 cm³/mol. The molecule has 1 aliphatic rings. The van der Waals surface area contributed by atoms with Gasteiger partial charge in [-0.3, -0.25) is 0 Å². The molecule has 0 aromatic carbocycles. The highest BCUT2D eigenvalue weighted by Gasteiger charge is 2.34. The van der Waals surface area contributed by atoms with E-state index in [0.717, 1.165) is 0 Å². The van der Waals surface area contributed by atoms with Gasteiger partial charge in [-0.2, -0.15) is 0 Å². The normalized spacial score (nSPS) is 19.1. The molecular formula is C13H16ClF3O. The fraction of sp³-hybridized carbons (Fsp3) is 0.538. The summed E-state index contributed by atoms with van der Waals surface area (Å²) in [6.07, 6.45) is 2.04. The second-order valence-corrected chi connectivity index (χ2v) is 4.44. The van der Waals surface area contributed by atoms with Gasteiger partial charge in [0.25, 0.3) is 0 Å². The van der Waals surface area contributed by atoms with Crippen molar-refractivity contribution in [1.82, 2.24) is 0 Å². The smallest absolute Gasteiger partial charge is 0.410 e. The van der Waals surface area contributed by atoms with E-state index in [2.05, 4.69) is 4.74 Å². The van der Waals surface area contributed by atoms with Crippen LogP contribution in [-0.4, -0.2) is 6.36 Å². The van der Waals surface area contributed by atoms with E-state index in [0.29, 0.717) is 23.4 Å². The van der Waals surface area contributed by atoms with E-state index in [4.69, 9.17) is 11.6 Å². The molecule has 0 aromatic rings. The van der Waals surface area contributed by atoms with E-state index in [1.54, 1.807) is 19.1 Å². The van der Waals surface area contributed by atoms with Gasteiger partial charge in [0.1, 0.15) is 5.76 Å². The zero-order valence-corrected chi connectivity index (χ0v) is 11.1. The lowest BCUT2D eigenvalue weighted by molar-refractivity contribution is -0.307. The monoisotopic (exact) mass is 280 g/mol. The summed E-state index contributed by atoms with van der Waals surface area (Å²) >= 11 is 6.06. The second-order valence-electron chi connectivity index (χ2n) is 4.00. The lowest BCUT2D eigenvalue weighted by Crippen LogP contribution is -2.17. The van der Waals surface area contributed by atoms with Crippen LogP contribution in [0.4, 0.5) is 13.2 Å². The van der Waals surface area contributed by atoms with Crippen molar-refractivity contribution in [3.05, 3.63) is 34.6 Å². The maximum Gasteiger partial charge on any atom is 0.572 e. The van der Waals surface area contributed by atoms with Crippen LogP contribution in [0.5, 0.6) is 0 Å². The van der Waals surface area contributed by atoms with Gasteiger partial charge in [0.15, 0.2) is 0 Å². The van der Waals surface area contributed by atoms with Crippen LogP contribution in [0.3, 0.4) is 0 Å². The van der Waals surface area contributed by atoms with E-state index >= 15 is 0 Å². The molecule has 1 rings (SSSR count). The number of rotatable bonds is 4. The molecule has 5 heteroatoms. The van der Waals surface area contributed by atoms with Crippen molar-refractivity contribution in [2.45, 2.75) is 39.5 Å². The van der Waals surface area contributed by atoms with Crippen molar-refractivity contribution in [3.8, 4) is 0 Å². The molecule has 0 N–H and O–H groups in total. The molecule has 102 valence electrons. The van der Waals surface area contributed by atoms with Crippen LogP contribution in [-0.2, 0) is 4.74 Å². The summed E-state index contributed by atoms with van der Waals surface area (Å²) < 4.78 is 41.1. The highest BCUT2D eigenvalue weighted by Crippen LogP contribution is 2.36. The Balaban J connectivity index is 3.08. The van der Waals surface area contributed by atoms with Crippen molar-refractivity contribution >= 4 is 11.6 Å². The van der Waals surface area contributed by atoms with Gasteiger partial charge in [0.2, 0.25) is 0 Å². The van der Waals surface area contributed by atoms with Gasteiger partial charge < -0.3 is 4.74 Å². The molecule has 0 radical (unpaired) electrons. The molecule has 0 saturated carbocycles. The summed E-state index contributed by atoms with van der Waals surface area (Å²) in [6, 6.07) is 0. The van der Waals surface area contributed by atoms with E-state index in [9.17, 15) is 13.2 Å². The fourth-order valence-electron chi connectivity index (χ4n) is 1.99. The van der Waals surface area contributed by atoms with E-state index < -0.39 is 6.36 Å². The van der Waals surface area contributed by atoms with Crippen molar-refractivity contribution < 1.29 is 17.9 Å². The van der Waals surface area contributed by atoms with Crippen LogP contribution >= 0.6 is 11.6 Å². The average Bonchev–Trinajstić information content (AvgIpc) is 2.30. The van der Waals surface area contributed by atoms with E-state index in [-0.39, 0.29) is 18.1 Å². The van der Waals surface area contributed by atoms with Crippen molar-refractivity contribution in [2.75, 3.05) is 0 Å². The lowest BCUT2D eigenvalue weighted by Gasteiger charge is -2.23. The molecule has 0 spiro atoms. The number of hydrogen-bond donors (Lipinski definition) is 0. The third kappa shape index (κ3) is 4.09.